The number of methoxy groups -OCH3 is 3. The molecule has 0 heterocycles. The molecule has 0 unspecified atom stereocenters. The number of nitrogens with zero attached hydrogens (tertiary/aromatic N) is 1. The summed E-state index contributed by atoms with van der Waals surface area (Å²) in [6, 6.07) is 13.9. The van der Waals surface area contributed by atoms with E-state index in [-0.39, 0.29) is 0 Å². The van der Waals surface area contributed by atoms with Gasteiger partial charge in [0.15, 0.2) is 17.5 Å². The number of rotatable bonds is 9. The van der Waals surface area contributed by atoms with Gasteiger partial charge >= 0.3 is 0 Å². The molecule has 0 fully saturated rings. The van der Waals surface area contributed by atoms with Crippen LogP contribution >= 0.6 is 0 Å². The van der Waals surface area contributed by atoms with Gasteiger partial charge in [-0.3, -0.25) is 4.99 Å². The number of nitrogens with one attached hydrogen (secondary N) is 1. The minimum Gasteiger partial charge on any atom is -0.497 e. The zero-order chi connectivity index (χ0) is 18.8. The highest BCUT2D eigenvalue weighted by Crippen LogP contribution is 2.27. The molecular formula is C20H27N3O3. The molecule has 26 heavy (non-hydrogen) atoms. The number of hydrogen-bond donors (Lipinski definition) is 2. The molecule has 2 rings (SSSR count). The Hall–Kier alpha value is -2.89. The first kappa shape index (κ1) is 19.4. The summed E-state index contributed by atoms with van der Waals surface area (Å²) in [6.07, 6.45) is 1.65. The van der Waals surface area contributed by atoms with Crippen LogP contribution in [0.5, 0.6) is 17.2 Å². The van der Waals surface area contributed by atoms with E-state index in [0.717, 1.165) is 35.7 Å². The van der Waals surface area contributed by atoms with Gasteiger partial charge < -0.3 is 25.3 Å². The molecule has 0 bridgehead atoms. The molecule has 0 aromatic heterocycles. The largest absolute Gasteiger partial charge is 0.497 e. The average Bonchev–Trinajstić information content (AvgIpc) is 2.68. The SMILES string of the molecule is COc1ccc(CCN=C(N)NCCc2ccc(OC)c(OC)c2)cc1. The van der Waals surface area contributed by atoms with Gasteiger partial charge in [0.1, 0.15) is 5.75 Å². The standard InChI is InChI=1S/C20H27N3O3/c1-24-17-7-4-15(5-8-17)10-12-22-20(21)23-13-11-16-6-9-18(25-2)19(14-16)26-3/h4-9,14H,10-13H2,1-3H3,(H3,21,22,23). The predicted molar refractivity (Wildman–Crippen MR) is 104 cm³/mol. The van der Waals surface area contributed by atoms with E-state index in [9.17, 15) is 0 Å². The van der Waals surface area contributed by atoms with Crippen molar-refractivity contribution < 1.29 is 14.2 Å². The van der Waals surface area contributed by atoms with Crippen molar-refractivity contribution in [3.63, 3.8) is 0 Å². The Kier molecular flexibility index (Phi) is 7.61. The second-order valence-electron chi connectivity index (χ2n) is 5.73. The number of benzene rings is 2. The molecule has 0 amide bonds. The van der Waals surface area contributed by atoms with Crippen LogP contribution in [0.2, 0.25) is 0 Å². The Bertz CT molecular complexity index is 715. The van der Waals surface area contributed by atoms with Gasteiger partial charge in [-0.05, 0) is 48.2 Å². The first-order valence-electron chi connectivity index (χ1n) is 8.54. The first-order chi connectivity index (χ1) is 12.7. The maximum Gasteiger partial charge on any atom is 0.188 e. The molecule has 2 aromatic rings. The Labute approximate surface area is 155 Å². The fourth-order valence-electron chi connectivity index (χ4n) is 2.52. The predicted octanol–water partition coefficient (Wildman–Crippen LogP) is 2.40. The van der Waals surface area contributed by atoms with E-state index in [1.165, 1.54) is 5.56 Å². The summed E-state index contributed by atoms with van der Waals surface area (Å²) in [4.78, 5) is 4.36. The number of guanidine groups is 1. The fourth-order valence-corrected chi connectivity index (χ4v) is 2.52. The van der Waals surface area contributed by atoms with Crippen molar-refractivity contribution in [3.8, 4) is 17.2 Å². The van der Waals surface area contributed by atoms with Crippen LogP contribution < -0.4 is 25.3 Å². The third kappa shape index (κ3) is 5.88. The monoisotopic (exact) mass is 357 g/mol. The topological polar surface area (TPSA) is 78.1 Å². The highest BCUT2D eigenvalue weighted by atomic mass is 16.5. The maximum absolute atomic E-state index is 5.92. The number of aliphatic imine (C=N–C) groups is 1. The van der Waals surface area contributed by atoms with E-state index < -0.39 is 0 Å². The lowest BCUT2D eigenvalue weighted by Gasteiger charge is -2.10. The highest BCUT2D eigenvalue weighted by Gasteiger charge is 2.04. The summed E-state index contributed by atoms with van der Waals surface area (Å²) >= 11 is 0. The number of hydrogen-bond acceptors (Lipinski definition) is 4. The molecule has 0 aliphatic carbocycles. The molecule has 0 aliphatic heterocycles. The van der Waals surface area contributed by atoms with Crippen molar-refractivity contribution in [2.75, 3.05) is 34.4 Å². The van der Waals surface area contributed by atoms with Crippen molar-refractivity contribution in [1.82, 2.24) is 5.32 Å². The van der Waals surface area contributed by atoms with E-state index >= 15 is 0 Å². The van der Waals surface area contributed by atoms with Crippen molar-refractivity contribution >= 4 is 5.96 Å². The molecule has 0 saturated carbocycles. The molecule has 0 radical (unpaired) electrons. The summed E-state index contributed by atoms with van der Waals surface area (Å²) in [5.41, 5.74) is 8.27. The van der Waals surface area contributed by atoms with E-state index in [1.807, 2.05) is 42.5 Å². The summed E-state index contributed by atoms with van der Waals surface area (Å²) in [6.45, 7) is 1.34. The molecule has 3 N–H and O–H groups in total. The number of ether oxygens (including phenoxy) is 3. The molecule has 2 aromatic carbocycles. The van der Waals surface area contributed by atoms with Crippen molar-refractivity contribution in [3.05, 3.63) is 53.6 Å². The zero-order valence-electron chi connectivity index (χ0n) is 15.6. The Morgan fingerprint density at radius 1 is 0.885 bits per heavy atom. The number of nitrogens with two attached hydrogens (primary N) is 1. The molecule has 0 atom stereocenters. The third-order valence-electron chi connectivity index (χ3n) is 4.01. The average molecular weight is 357 g/mol. The van der Waals surface area contributed by atoms with Crippen LogP contribution in [0.1, 0.15) is 11.1 Å². The van der Waals surface area contributed by atoms with Gasteiger partial charge in [-0.2, -0.15) is 0 Å². The van der Waals surface area contributed by atoms with E-state index in [0.29, 0.717) is 19.0 Å². The Morgan fingerprint density at radius 2 is 1.58 bits per heavy atom. The second kappa shape index (κ2) is 10.2. The quantitative estimate of drug-likeness (QED) is 0.532. The molecule has 0 saturated heterocycles. The molecule has 0 aliphatic rings. The van der Waals surface area contributed by atoms with E-state index in [2.05, 4.69) is 10.3 Å². The van der Waals surface area contributed by atoms with Crippen LogP contribution in [0.15, 0.2) is 47.5 Å². The minimum absolute atomic E-state index is 0.457. The van der Waals surface area contributed by atoms with Crippen LogP contribution in [0.25, 0.3) is 0 Å². The molecule has 140 valence electrons. The van der Waals surface area contributed by atoms with Crippen LogP contribution in [0.3, 0.4) is 0 Å². The van der Waals surface area contributed by atoms with Gasteiger partial charge in [-0.15, -0.1) is 0 Å². The van der Waals surface area contributed by atoms with Crippen LogP contribution in [0, 0.1) is 0 Å². The lowest BCUT2D eigenvalue weighted by Crippen LogP contribution is -2.33. The van der Waals surface area contributed by atoms with Gasteiger partial charge in [0.25, 0.3) is 0 Å². The normalized spacial score (nSPS) is 11.1. The van der Waals surface area contributed by atoms with Crippen molar-refractivity contribution in [2.45, 2.75) is 12.8 Å². The van der Waals surface area contributed by atoms with Gasteiger partial charge in [0.2, 0.25) is 0 Å². The van der Waals surface area contributed by atoms with E-state index in [1.54, 1.807) is 21.3 Å². The zero-order valence-corrected chi connectivity index (χ0v) is 15.6. The highest BCUT2D eigenvalue weighted by molar-refractivity contribution is 5.77. The summed E-state index contributed by atoms with van der Waals surface area (Å²) in [5.74, 6) is 2.77. The van der Waals surface area contributed by atoms with Crippen LogP contribution in [-0.4, -0.2) is 40.4 Å². The van der Waals surface area contributed by atoms with Gasteiger partial charge in [-0.25, -0.2) is 0 Å². The smallest absolute Gasteiger partial charge is 0.188 e. The third-order valence-corrected chi connectivity index (χ3v) is 4.01. The van der Waals surface area contributed by atoms with Crippen LogP contribution in [-0.2, 0) is 12.8 Å². The summed E-state index contributed by atoms with van der Waals surface area (Å²) < 4.78 is 15.7. The summed E-state index contributed by atoms with van der Waals surface area (Å²) in [7, 11) is 4.92. The summed E-state index contributed by atoms with van der Waals surface area (Å²) in [5, 5.41) is 3.14. The Morgan fingerprint density at radius 3 is 2.23 bits per heavy atom. The van der Waals surface area contributed by atoms with Crippen molar-refractivity contribution in [1.29, 1.82) is 0 Å². The van der Waals surface area contributed by atoms with Gasteiger partial charge in [-0.1, -0.05) is 18.2 Å². The van der Waals surface area contributed by atoms with Gasteiger partial charge in [0.05, 0.1) is 21.3 Å². The molecule has 6 nitrogen and oxygen atoms in total. The maximum atomic E-state index is 5.92. The lowest BCUT2D eigenvalue weighted by molar-refractivity contribution is 0.354. The fraction of sp³-hybridized carbons (Fsp3) is 0.350. The van der Waals surface area contributed by atoms with Gasteiger partial charge in [0, 0.05) is 13.1 Å². The van der Waals surface area contributed by atoms with Crippen LogP contribution in [0.4, 0.5) is 0 Å². The molecule has 0 spiro atoms. The molecule has 6 heteroatoms. The minimum atomic E-state index is 0.457. The molecular weight excluding hydrogens is 330 g/mol. The van der Waals surface area contributed by atoms with E-state index in [4.69, 9.17) is 19.9 Å². The lowest BCUT2D eigenvalue weighted by atomic mass is 10.1. The first-order valence-corrected chi connectivity index (χ1v) is 8.54. The Balaban J connectivity index is 1.75. The van der Waals surface area contributed by atoms with Crippen molar-refractivity contribution in [2.24, 2.45) is 10.7 Å². The second-order valence-corrected chi connectivity index (χ2v) is 5.73.